The topological polar surface area (TPSA) is 84.0 Å². The van der Waals surface area contributed by atoms with Gasteiger partial charge in [-0.25, -0.2) is 0 Å². The van der Waals surface area contributed by atoms with E-state index < -0.39 is 0 Å². The molecule has 1 fully saturated rings. The molecule has 0 saturated carbocycles. The molecule has 1 atom stereocenters. The fraction of sp³-hybridized carbons (Fsp3) is 0.538. The second-order valence-corrected chi connectivity index (χ2v) is 4.73. The summed E-state index contributed by atoms with van der Waals surface area (Å²) in [5.41, 5.74) is 6.97. The molecular weight excluding hydrogens is 244 g/mol. The van der Waals surface area contributed by atoms with E-state index in [4.69, 9.17) is 15.7 Å². The van der Waals surface area contributed by atoms with Gasteiger partial charge >= 0.3 is 0 Å². The van der Waals surface area contributed by atoms with Crippen molar-refractivity contribution in [3.8, 4) is 0 Å². The Morgan fingerprint density at radius 1 is 1.63 bits per heavy atom. The van der Waals surface area contributed by atoms with Crippen molar-refractivity contribution in [3.63, 3.8) is 0 Å². The van der Waals surface area contributed by atoms with Crippen molar-refractivity contribution < 1.29 is 9.94 Å². The van der Waals surface area contributed by atoms with Gasteiger partial charge in [-0.15, -0.1) is 0 Å². The molecule has 1 saturated heterocycles. The van der Waals surface area contributed by atoms with Crippen LogP contribution >= 0.6 is 0 Å². The average Bonchev–Trinajstić information content (AvgIpc) is 2.47. The summed E-state index contributed by atoms with van der Waals surface area (Å²) in [5, 5.41) is 11.8. The first-order valence-electron chi connectivity index (χ1n) is 6.48. The molecule has 104 valence electrons. The first-order chi connectivity index (χ1) is 9.22. The van der Waals surface area contributed by atoms with Gasteiger partial charge in [0.2, 0.25) is 0 Å². The number of hydrogen-bond donors (Lipinski definition) is 2. The molecule has 0 aliphatic carbocycles. The van der Waals surface area contributed by atoms with Gasteiger partial charge in [-0.1, -0.05) is 5.16 Å². The fourth-order valence-electron chi connectivity index (χ4n) is 2.30. The Morgan fingerprint density at radius 2 is 2.47 bits per heavy atom. The van der Waals surface area contributed by atoms with Crippen LogP contribution in [0.1, 0.15) is 25.0 Å². The Bertz CT molecular complexity index is 444. The quantitative estimate of drug-likeness (QED) is 0.369. The molecule has 0 spiro atoms. The van der Waals surface area contributed by atoms with Crippen molar-refractivity contribution in [1.29, 1.82) is 0 Å². The van der Waals surface area contributed by atoms with Crippen LogP contribution in [0.2, 0.25) is 0 Å². The smallest absolute Gasteiger partial charge is 0.190 e. The molecule has 0 bridgehead atoms. The third-order valence-electron chi connectivity index (χ3n) is 3.30. The van der Waals surface area contributed by atoms with Crippen molar-refractivity contribution in [3.05, 3.63) is 24.0 Å². The number of pyridine rings is 1. The molecule has 3 N–H and O–H groups in total. The summed E-state index contributed by atoms with van der Waals surface area (Å²) in [7, 11) is 1.96. The Morgan fingerprint density at radius 3 is 3.16 bits per heavy atom. The molecule has 0 aromatic carbocycles. The lowest BCUT2D eigenvalue weighted by Crippen LogP contribution is -2.34. The summed E-state index contributed by atoms with van der Waals surface area (Å²) in [6.07, 6.45) is 5.28. The van der Waals surface area contributed by atoms with Crippen molar-refractivity contribution in [1.82, 2.24) is 4.98 Å². The average molecular weight is 264 g/mol. The Hall–Kier alpha value is -1.82. The van der Waals surface area contributed by atoms with E-state index in [-0.39, 0.29) is 11.9 Å². The van der Waals surface area contributed by atoms with Gasteiger partial charge in [0.15, 0.2) is 5.84 Å². The van der Waals surface area contributed by atoms with Crippen LogP contribution in [0, 0.1) is 0 Å². The maximum absolute atomic E-state index is 8.80. The zero-order chi connectivity index (χ0) is 13.7. The van der Waals surface area contributed by atoms with Crippen molar-refractivity contribution in [2.75, 3.05) is 25.1 Å². The fourth-order valence-corrected chi connectivity index (χ4v) is 2.30. The maximum Gasteiger partial charge on any atom is 0.190 e. The number of ether oxygens (including phenoxy) is 1. The minimum atomic E-state index is 0.0204. The van der Waals surface area contributed by atoms with Crippen molar-refractivity contribution >= 4 is 11.5 Å². The van der Waals surface area contributed by atoms with Gasteiger partial charge in [0.1, 0.15) is 5.69 Å². The molecule has 1 aliphatic heterocycles. The summed E-state index contributed by atoms with van der Waals surface area (Å²) in [4.78, 5) is 6.20. The predicted octanol–water partition coefficient (Wildman–Crippen LogP) is 1.18. The molecule has 0 amide bonds. The lowest BCUT2D eigenvalue weighted by molar-refractivity contribution is 0.0216. The van der Waals surface area contributed by atoms with Crippen LogP contribution in [0.5, 0.6) is 0 Å². The lowest BCUT2D eigenvalue weighted by atomic mass is 10.1. The van der Waals surface area contributed by atoms with E-state index in [0.717, 1.165) is 31.7 Å². The Labute approximate surface area is 112 Å². The summed E-state index contributed by atoms with van der Waals surface area (Å²) in [5.74, 6) is 0.0204. The predicted molar refractivity (Wildman–Crippen MR) is 73.6 cm³/mol. The first kappa shape index (κ1) is 13.6. The van der Waals surface area contributed by atoms with Crippen molar-refractivity contribution in [2.45, 2.75) is 25.4 Å². The van der Waals surface area contributed by atoms with E-state index >= 15 is 0 Å². The van der Waals surface area contributed by atoms with Crippen LogP contribution < -0.4 is 10.6 Å². The van der Waals surface area contributed by atoms with Crippen LogP contribution in [-0.4, -0.2) is 42.3 Å². The van der Waals surface area contributed by atoms with Gasteiger partial charge in [-0.3, -0.25) is 4.98 Å². The van der Waals surface area contributed by atoms with Gasteiger partial charge in [0.25, 0.3) is 0 Å². The number of hydrogen-bond acceptors (Lipinski definition) is 5. The molecular formula is C13H20N4O2. The number of nitrogens with two attached hydrogens (primary N) is 1. The van der Waals surface area contributed by atoms with E-state index in [1.165, 1.54) is 6.42 Å². The standard InChI is InChI=1S/C13H20N4O2/c1-17(9-10-5-2-3-8-19-10)11-6-4-7-15-12(11)13(14)16-18/h4,6-7,10,18H,2-3,5,8-9H2,1H3,(H2,14,16). The van der Waals surface area contributed by atoms with Gasteiger partial charge in [0, 0.05) is 26.4 Å². The number of oxime groups is 1. The molecule has 1 aromatic rings. The highest BCUT2D eigenvalue weighted by molar-refractivity contribution is 6.00. The number of aromatic nitrogens is 1. The highest BCUT2D eigenvalue weighted by atomic mass is 16.5. The second-order valence-electron chi connectivity index (χ2n) is 4.73. The molecule has 2 heterocycles. The molecule has 6 heteroatoms. The summed E-state index contributed by atoms with van der Waals surface area (Å²) in [6.45, 7) is 1.61. The van der Waals surface area contributed by atoms with Gasteiger partial charge in [-0.2, -0.15) is 0 Å². The van der Waals surface area contributed by atoms with Crippen LogP contribution in [0.25, 0.3) is 0 Å². The number of amidine groups is 1. The Kier molecular flexibility index (Phi) is 4.57. The van der Waals surface area contributed by atoms with E-state index in [1.807, 2.05) is 24.1 Å². The number of anilines is 1. The first-order valence-corrected chi connectivity index (χ1v) is 6.48. The summed E-state index contributed by atoms with van der Waals surface area (Å²) >= 11 is 0. The second kappa shape index (κ2) is 6.38. The van der Waals surface area contributed by atoms with Gasteiger partial charge in [-0.05, 0) is 31.4 Å². The molecule has 19 heavy (non-hydrogen) atoms. The zero-order valence-electron chi connectivity index (χ0n) is 11.1. The van der Waals surface area contributed by atoms with Crippen LogP contribution in [0.15, 0.2) is 23.5 Å². The minimum absolute atomic E-state index is 0.0204. The zero-order valence-corrected chi connectivity index (χ0v) is 11.1. The molecule has 6 nitrogen and oxygen atoms in total. The maximum atomic E-state index is 8.80. The number of rotatable bonds is 4. The SMILES string of the molecule is CN(CC1CCCCO1)c1cccnc1/C(N)=N/O. The van der Waals surface area contributed by atoms with E-state index in [0.29, 0.717) is 5.69 Å². The monoisotopic (exact) mass is 264 g/mol. The summed E-state index contributed by atoms with van der Waals surface area (Å²) in [6, 6.07) is 3.74. The Balaban J connectivity index is 2.11. The van der Waals surface area contributed by atoms with Crippen LogP contribution in [-0.2, 0) is 4.74 Å². The highest BCUT2D eigenvalue weighted by Crippen LogP contribution is 2.20. The molecule has 1 aliphatic rings. The molecule has 0 radical (unpaired) electrons. The third-order valence-corrected chi connectivity index (χ3v) is 3.30. The largest absolute Gasteiger partial charge is 0.409 e. The third kappa shape index (κ3) is 3.35. The van der Waals surface area contributed by atoms with E-state index in [2.05, 4.69) is 10.1 Å². The minimum Gasteiger partial charge on any atom is -0.409 e. The molecule has 1 aromatic heterocycles. The normalized spacial score (nSPS) is 20.3. The molecule has 2 rings (SSSR count). The van der Waals surface area contributed by atoms with Crippen molar-refractivity contribution in [2.24, 2.45) is 10.9 Å². The molecule has 1 unspecified atom stereocenters. The highest BCUT2D eigenvalue weighted by Gasteiger charge is 2.18. The van der Waals surface area contributed by atoms with Crippen LogP contribution in [0.3, 0.4) is 0 Å². The van der Waals surface area contributed by atoms with Crippen LogP contribution in [0.4, 0.5) is 5.69 Å². The van der Waals surface area contributed by atoms with Gasteiger partial charge in [0.05, 0.1) is 11.8 Å². The summed E-state index contributed by atoms with van der Waals surface area (Å²) < 4.78 is 5.72. The lowest BCUT2D eigenvalue weighted by Gasteiger charge is -2.29. The van der Waals surface area contributed by atoms with E-state index in [1.54, 1.807) is 6.20 Å². The number of likely N-dealkylation sites (N-methyl/N-ethyl adjacent to an activating group) is 1. The number of nitrogens with zero attached hydrogens (tertiary/aromatic N) is 3. The van der Waals surface area contributed by atoms with E-state index in [9.17, 15) is 0 Å². The van der Waals surface area contributed by atoms with Gasteiger partial charge < -0.3 is 20.6 Å².